The number of aromatic nitrogens is 3. The second-order valence-electron chi connectivity index (χ2n) is 17.1. The molecule has 2 saturated heterocycles. The van der Waals surface area contributed by atoms with Crippen LogP contribution in [0.1, 0.15) is 93.1 Å². The molecule has 9 rings (SSSR count). The average Bonchev–Trinajstić information content (AvgIpc) is 3.66. The number of likely N-dealkylation sites (tertiary alicyclic amines) is 1. The zero-order valence-electron chi connectivity index (χ0n) is 33.8. The lowest BCUT2D eigenvalue weighted by atomic mass is 9.81. The fourth-order valence-electron chi connectivity index (χ4n) is 9.20. The van der Waals surface area contributed by atoms with Gasteiger partial charge in [-0.3, -0.25) is 29.3 Å². The number of benzene rings is 2. The highest BCUT2D eigenvalue weighted by molar-refractivity contribution is 6.09. The number of carbonyl (C=O) groups is 3. The molecule has 0 bridgehead atoms. The van der Waals surface area contributed by atoms with Crippen molar-refractivity contribution in [3.05, 3.63) is 80.7 Å². The number of carbonyl (C=O) groups excluding carboxylic acids is 3. The topological polar surface area (TPSA) is 146 Å². The van der Waals surface area contributed by atoms with Crippen LogP contribution < -0.4 is 36.4 Å². The molecule has 2 saturated carbocycles. The molecular formula is C44H51FN9O5+. The Morgan fingerprint density at radius 2 is 1.83 bits per heavy atom. The maximum atomic E-state index is 13.7. The maximum Gasteiger partial charge on any atom is 0.329 e. The average molecular weight is 805 g/mol. The van der Waals surface area contributed by atoms with E-state index in [-0.39, 0.29) is 24.1 Å². The van der Waals surface area contributed by atoms with Crippen molar-refractivity contribution in [2.45, 2.75) is 89.4 Å². The first kappa shape index (κ1) is 38.8. The van der Waals surface area contributed by atoms with Crippen molar-refractivity contribution in [3.8, 4) is 5.75 Å². The van der Waals surface area contributed by atoms with Crippen molar-refractivity contribution in [1.29, 1.82) is 0 Å². The number of rotatable bonds is 10. The van der Waals surface area contributed by atoms with Gasteiger partial charge in [0.05, 0.1) is 28.4 Å². The van der Waals surface area contributed by atoms with Crippen LogP contribution in [0.5, 0.6) is 5.75 Å². The summed E-state index contributed by atoms with van der Waals surface area (Å²) in [5.74, 6) is 1.77. The summed E-state index contributed by atoms with van der Waals surface area (Å²) in [5.41, 5.74) is 2.26. The summed E-state index contributed by atoms with van der Waals surface area (Å²) >= 11 is 0. The summed E-state index contributed by atoms with van der Waals surface area (Å²) in [4.78, 5) is 55.0. The third-order valence-corrected chi connectivity index (χ3v) is 12.5. The van der Waals surface area contributed by atoms with Crippen LogP contribution in [-0.4, -0.2) is 86.4 Å². The Morgan fingerprint density at radius 1 is 1.05 bits per heavy atom. The first-order chi connectivity index (χ1) is 28.5. The van der Waals surface area contributed by atoms with E-state index in [0.717, 1.165) is 74.3 Å². The second kappa shape index (κ2) is 15.8. The van der Waals surface area contributed by atoms with Crippen LogP contribution in [0.25, 0.3) is 17.1 Å². The van der Waals surface area contributed by atoms with Crippen LogP contribution >= 0.6 is 0 Å². The molecule has 59 heavy (non-hydrogen) atoms. The van der Waals surface area contributed by atoms with E-state index in [9.17, 15) is 23.6 Å². The number of amides is 4. The van der Waals surface area contributed by atoms with Crippen molar-refractivity contribution in [3.63, 3.8) is 0 Å². The molecule has 0 radical (unpaired) electrons. The van der Waals surface area contributed by atoms with Gasteiger partial charge >= 0.3 is 6.03 Å². The quantitative estimate of drug-likeness (QED) is 0.224. The molecule has 4 amide bonds. The Hall–Kier alpha value is -5.70. The smallest absolute Gasteiger partial charge is 0.329 e. The summed E-state index contributed by atoms with van der Waals surface area (Å²) < 4.78 is 24.8. The van der Waals surface area contributed by atoms with E-state index in [1.807, 2.05) is 36.5 Å². The van der Waals surface area contributed by atoms with Gasteiger partial charge in [0.2, 0.25) is 12.1 Å². The van der Waals surface area contributed by atoms with Gasteiger partial charge < -0.3 is 19.5 Å². The van der Waals surface area contributed by atoms with E-state index in [1.54, 1.807) is 29.3 Å². The number of fused-ring (bicyclic) bond motifs is 2. The summed E-state index contributed by atoms with van der Waals surface area (Å²) in [5, 5.41) is 17.0. The summed E-state index contributed by atoms with van der Waals surface area (Å²) in [6, 6.07) is 12.3. The molecule has 2 aromatic heterocycles. The molecule has 5 heterocycles. The molecule has 5 aliphatic rings. The molecule has 1 unspecified atom stereocenters. The van der Waals surface area contributed by atoms with Gasteiger partial charge in [-0.25, -0.2) is 9.18 Å². The van der Waals surface area contributed by atoms with Crippen LogP contribution in [0, 0.1) is 11.8 Å². The van der Waals surface area contributed by atoms with E-state index in [0.29, 0.717) is 53.2 Å². The fourth-order valence-corrected chi connectivity index (χ4v) is 9.20. The minimum absolute atomic E-state index is 0.0960. The van der Waals surface area contributed by atoms with E-state index >= 15 is 0 Å². The van der Waals surface area contributed by atoms with Crippen LogP contribution in [0.2, 0.25) is 0 Å². The number of hydrogen-bond acceptors (Lipinski definition) is 8. The standard InChI is InChI=1S/C44H50FN9O5/c1-26(2)59-39-22-36-31(19-33(39)42(56)46-35-5-4-15-53(43(35)57)38-21-34(38)45)25-52(48-36)24-28-8-6-27(7-9-28)23-51-16-12-29(13-17-51)30-10-11-32-37(20-30)50(3)49-41(32)54-18-14-40(55)47-44(54)58/h4-5,10-11,15,19-20,22,24-29,34,38H,6-9,12-14,16-18,21,23H2,1-3H3,(H-,46,47,55,56,58)/p+1/b52-24-/t27?,28?,34-,38?/m1/s1. The molecule has 2 N–H and O–H groups in total. The number of imide groups is 1. The third-order valence-electron chi connectivity index (χ3n) is 12.5. The number of anilines is 2. The largest absolute Gasteiger partial charge is 0.490 e. The van der Waals surface area contributed by atoms with Crippen molar-refractivity contribution in [2.75, 3.05) is 36.4 Å². The number of aryl methyl sites for hydroxylation is 1. The zero-order chi connectivity index (χ0) is 40.9. The number of nitrogens with one attached hydrogen (secondary N) is 2. The number of ether oxygens (including phenoxy) is 1. The number of alkyl halides is 1. The van der Waals surface area contributed by atoms with Crippen molar-refractivity contribution >= 4 is 52.7 Å². The molecule has 2 atom stereocenters. The third kappa shape index (κ3) is 8.04. The van der Waals surface area contributed by atoms with Gasteiger partial charge in [0, 0.05) is 61.6 Å². The molecule has 14 nitrogen and oxygen atoms in total. The highest BCUT2D eigenvalue weighted by atomic mass is 19.1. The maximum absolute atomic E-state index is 13.7. The Balaban J connectivity index is 0.796. The first-order valence-electron chi connectivity index (χ1n) is 21.0. The Kier molecular flexibility index (Phi) is 10.4. The second-order valence-corrected chi connectivity index (χ2v) is 17.1. The van der Waals surface area contributed by atoms with Crippen molar-refractivity contribution in [1.82, 2.24) is 24.6 Å². The number of hydrogen-bond donors (Lipinski definition) is 2. The van der Waals surface area contributed by atoms with E-state index in [4.69, 9.17) is 9.84 Å². The first-order valence-corrected chi connectivity index (χ1v) is 21.0. The highest BCUT2D eigenvalue weighted by Crippen LogP contribution is 2.38. The Bertz CT molecular complexity index is 2550. The molecule has 0 spiro atoms. The van der Waals surface area contributed by atoms with Gasteiger partial charge in [0.25, 0.3) is 11.5 Å². The number of pyridine rings is 1. The van der Waals surface area contributed by atoms with Crippen LogP contribution in [0.3, 0.4) is 0 Å². The zero-order valence-corrected chi connectivity index (χ0v) is 33.8. The molecule has 3 aliphatic heterocycles. The van der Waals surface area contributed by atoms with Gasteiger partial charge in [-0.1, -0.05) is 10.8 Å². The number of halogens is 1. The fraction of sp³-hybridized carbons (Fsp3) is 0.477. The Labute approximate surface area is 341 Å². The van der Waals surface area contributed by atoms with Gasteiger partial charge in [-0.2, -0.15) is 5.10 Å². The van der Waals surface area contributed by atoms with Crippen LogP contribution in [0.4, 0.5) is 20.7 Å². The molecule has 4 aromatic rings. The predicted molar refractivity (Wildman–Crippen MR) is 221 cm³/mol. The lowest BCUT2D eigenvalue weighted by Gasteiger charge is -2.36. The summed E-state index contributed by atoms with van der Waals surface area (Å²) in [6.07, 6.45) is 11.7. The number of nitrogens with zero attached hydrogens (tertiary/aromatic N) is 7. The summed E-state index contributed by atoms with van der Waals surface area (Å²) in [7, 11) is 1.90. The minimum atomic E-state index is -1.04. The monoisotopic (exact) mass is 804 g/mol. The number of urea groups is 1. The lowest BCUT2D eigenvalue weighted by molar-refractivity contribution is -0.424. The van der Waals surface area contributed by atoms with Crippen molar-refractivity contribution in [2.24, 2.45) is 24.0 Å². The molecule has 15 heteroatoms. The van der Waals surface area contributed by atoms with Gasteiger partial charge in [-0.15, -0.1) is 0 Å². The molecule has 2 aromatic carbocycles. The highest BCUT2D eigenvalue weighted by Gasteiger charge is 2.40. The minimum Gasteiger partial charge on any atom is -0.490 e. The normalized spacial score (nSPS) is 24.2. The van der Waals surface area contributed by atoms with E-state index in [2.05, 4.69) is 45.0 Å². The molecule has 308 valence electrons. The summed E-state index contributed by atoms with van der Waals surface area (Å²) in [6.45, 7) is 7.36. The van der Waals surface area contributed by atoms with Crippen LogP contribution in [-0.2, 0) is 11.8 Å². The molecule has 4 fully saturated rings. The van der Waals surface area contributed by atoms with E-state index < -0.39 is 29.7 Å². The van der Waals surface area contributed by atoms with Gasteiger partial charge in [0.1, 0.15) is 23.0 Å². The predicted octanol–water partition coefficient (Wildman–Crippen LogP) is 4.56. The molecule has 2 aliphatic carbocycles. The number of piperidine rings is 1. The Morgan fingerprint density at radius 3 is 2.56 bits per heavy atom. The van der Waals surface area contributed by atoms with Gasteiger partial charge in [0.15, 0.2) is 12.0 Å². The lowest BCUT2D eigenvalue weighted by Crippen LogP contribution is -2.49. The molecular weight excluding hydrogens is 754 g/mol. The SMILES string of the molecule is CC(C)Oc1cc2c(cc1C(=O)Nc1cccn(C3C[C@H]3F)c1=O)=C/[N+](=C/C1CCC(CN3CCC(c4ccc5c(N6CCC(=O)NC6=O)nn(C)c5c4)CC3)CC1)N=2. The van der Waals surface area contributed by atoms with Crippen LogP contribution in [0.15, 0.2) is 58.6 Å². The van der Waals surface area contributed by atoms with Crippen molar-refractivity contribution < 1.29 is 28.2 Å². The van der Waals surface area contributed by atoms with Gasteiger partial charge in [-0.05, 0) is 113 Å². The van der Waals surface area contributed by atoms with E-state index in [1.165, 1.54) is 16.2 Å².